The number of carbonyl (C=O) groups is 1. The van der Waals surface area contributed by atoms with Gasteiger partial charge < -0.3 is 15.5 Å². The Bertz CT molecular complexity index is 359. The number of hydrogen-bond donors (Lipinski definition) is 2. The molecule has 2 atom stereocenters. The lowest BCUT2D eigenvalue weighted by molar-refractivity contribution is 0.0950. The Labute approximate surface area is 88.8 Å². The van der Waals surface area contributed by atoms with Crippen LogP contribution < -0.4 is 11.1 Å². The highest BCUT2D eigenvalue weighted by atomic mass is 16.3. The smallest absolute Gasteiger partial charge is 0.254 e. The third kappa shape index (κ3) is 2.39. The average Bonchev–Trinajstić information content (AvgIpc) is 2.78. The number of amides is 1. The molecule has 1 amide bonds. The summed E-state index contributed by atoms with van der Waals surface area (Å²) in [6.45, 7) is 3.29. The predicted octanol–water partition coefficient (Wildman–Crippen LogP) is 1.12. The van der Waals surface area contributed by atoms with Crippen molar-refractivity contribution < 1.29 is 9.21 Å². The van der Waals surface area contributed by atoms with Gasteiger partial charge >= 0.3 is 0 Å². The van der Waals surface area contributed by atoms with E-state index in [1.807, 2.05) is 0 Å². The van der Waals surface area contributed by atoms with Gasteiger partial charge in [-0.1, -0.05) is 6.92 Å². The van der Waals surface area contributed by atoms with Crippen LogP contribution in [0.4, 0.5) is 0 Å². The molecule has 1 saturated carbocycles. The van der Waals surface area contributed by atoms with Gasteiger partial charge in [0.15, 0.2) is 0 Å². The molecule has 0 aliphatic heterocycles. The second-order valence-electron chi connectivity index (χ2n) is 4.19. The molecule has 82 valence electrons. The summed E-state index contributed by atoms with van der Waals surface area (Å²) >= 11 is 0. The van der Waals surface area contributed by atoms with Crippen LogP contribution in [0.25, 0.3) is 0 Å². The number of hydrogen-bond acceptors (Lipinski definition) is 3. The largest absolute Gasteiger partial charge is 0.467 e. The molecule has 1 aromatic rings. The highest BCUT2D eigenvalue weighted by Crippen LogP contribution is 2.36. The van der Waals surface area contributed by atoms with Crippen LogP contribution in [0, 0.1) is 11.8 Å². The number of rotatable bonds is 4. The van der Waals surface area contributed by atoms with E-state index >= 15 is 0 Å². The molecule has 4 nitrogen and oxygen atoms in total. The Morgan fingerprint density at radius 2 is 2.47 bits per heavy atom. The van der Waals surface area contributed by atoms with Crippen LogP contribution in [-0.4, -0.2) is 12.5 Å². The van der Waals surface area contributed by atoms with Gasteiger partial charge in [-0.15, -0.1) is 0 Å². The maximum absolute atomic E-state index is 11.6. The van der Waals surface area contributed by atoms with Gasteiger partial charge in [-0.2, -0.15) is 0 Å². The fraction of sp³-hybridized carbons (Fsp3) is 0.545. The molecule has 2 rings (SSSR count). The normalized spacial score (nSPS) is 23.9. The fourth-order valence-electron chi connectivity index (χ4n) is 1.62. The highest BCUT2D eigenvalue weighted by Gasteiger charge is 2.32. The van der Waals surface area contributed by atoms with Crippen molar-refractivity contribution in [2.45, 2.75) is 19.9 Å². The van der Waals surface area contributed by atoms with Crippen LogP contribution in [0.3, 0.4) is 0 Å². The summed E-state index contributed by atoms with van der Waals surface area (Å²) in [4.78, 5) is 11.6. The summed E-state index contributed by atoms with van der Waals surface area (Å²) in [6, 6.07) is 1.69. The molecule has 0 bridgehead atoms. The van der Waals surface area contributed by atoms with E-state index in [-0.39, 0.29) is 5.91 Å². The Morgan fingerprint density at radius 1 is 1.73 bits per heavy atom. The van der Waals surface area contributed by atoms with Gasteiger partial charge in [0.25, 0.3) is 5.91 Å². The van der Waals surface area contributed by atoms with Crippen molar-refractivity contribution in [3.63, 3.8) is 0 Å². The van der Waals surface area contributed by atoms with Gasteiger partial charge in [0, 0.05) is 6.54 Å². The van der Waals surface area contributed by atoms with Crippen LogP contribution in [0.2, 0.25) is 0 Å². The third-order valence-electron chi connectivity index (χ3n) is 2.92. The predicted molar refractivity (Wildman–Crippen MR) is 56.2 cm³/mol. The second-order valence-corrected chi connectivity index (χ2v) is 4.19. The summed E-state index contributed by atoms with van der Waals surface area (Å²) < 4.78 is 5.09. The molecule has 1 aromatic heterocycles. The Kier molecular flexibility index (Phi) is 2.77. The average molecular weight is 208 g/mol. The molecule has 2 unspecified atom stereocenters. The van der Waals surface area contributed by atoms with Gasteiger partial charge in [-0.25, -0.2) is 0 Å². The van der Waals surface area contributed by atoms with Crippen LogP contribution >= 0.6 is 0 Å². The van der Waals surface area contributed by atoms with Crippen molar-refractivity contribution in [2.24, 2.45) is 17.6 Å². The first kappa shape index (κ1) is 10.2. The van der Waals surface area contributed by atoms with E-state index in [0.717, 1.165) is 12.5 Å². The van der Waals surface area contributed by atoms with Gasteiger partial charge in [-0.3, -0.25) is 4.79 Å². The minimum Gasteiger partial charge on any atom is -0.467 e. The van der Waals surface area contributed by atoms with Crippen molar-refractivity contribution in [1.82, 2.24) is 5.32 Å². The SMILES string of the molecule is CC1CC1CNC(=O)c1coc(CN)c1. The van der Waals surface area contributed by atoms with Gasteiger partial charge in [0.05, 0.1) is 12.1 Å². The monoisotopic (exact) mass is 208 g/mol. The van der Waals surface area contributed by atoms with E-state index in [0.29, 0.717) is 23.8 Å². The molecule has 0 aromatic carbocycles. The van der Waals surface area contributed by atoms with Gasteiger partial charge in [0.1, 0.15) is 12.0 Å². The van der Waals surface area contributed by atoms with Crippen LogP contribution in [0.15, 0.2) is 16.7 Å². The first-order chi connectivity index (χ1) is 7.20. The number of furan rings is 1. The molecule has 0 radical (unpaired) electrons. The van der Waals surface area contributed by atoms with Crippen LogP contribution in [0.5, 0.6) is 0 Å². The summed E-state index contributed by atoms with van der Waals surface area (Å²) in [6.07, 6.45) is 2.67. The summed E-state index contributed by atoms with van der Waals surface area (Å²) in [7, 11) is 0. The minimum absolute atomic E-state index is 0.0717. The molecule has 1 heterocycles. The molecule has 3 N–H and O–H groups in total. The fourth-order valence-corrected chi connectivity index (χ4v) is 1.62. The number of nitrogens with one attached hydrogen (secondary N) is 1. The summed E-state index contributed by atoms with van der Waals surface area (Å²) in [5, 5.41) is 2.89. The third-order valence-corrected chi connectivity index (χ3v) is 2.92. The lowest BCUT2D eigenvalue weighted by Gasteiger charge is -2.00. The zero-order chi connectivity index (χ0) is 10.8. The van der Waals surface area contributed by atoms with Gasteiger partial charge in [0.2, 0.25) is 0 Å². The van der Waals surface area contributed by atoms with Crippen molar-refractivity contribution in [1.29, 1.82) is 0 Å². The molecule has 0 spiro atoms. The molecular weight excluding hydrogens is 192 g/mol. The molecule has 1 aliphatic rings. The first-order valence-corrected chi connectivity index (χ1v) is 5.26. The van der Waals surface area contributed by atoms with Crippen LogP contribution in [0.1, 0.15) is 29.5 Å². The van der Waals surface area contributed by atoms with Crippen molar-refractivity contribution in [3.05, 3.63) is 23.7 Å². The van der Waals surface area contributed by atoms with Crippen molar-refractivity contribution >= 4 is 5.91 Å². The van der Waals surface area contributed by atoms with Crippen LogP contribution in [-0.2, 0) is 6.54 Å². The standard InChI is InChI=1S/C11H16N2O2/c1-7-2-8(7)5-13-11(14)9-3-10(4-12)15-6-9/h3,6-8H,2,4-5,12H2,1H3,(H,13,14). The molecule has 4 heteroatoms. The van der Waals surface area contributed by atoms with Crippen molar-refractivity contribution in [3.8, 4) is 0 Å². The second kappa shape index (κ2) is 4.06. The number of nitrogens with two attached hydrogens (primary N) is 1. The minimum atomic E-state index is -0.0717. The Balaban J connectivity index is 1.84. The zero-order valence-corrected chi connectivity index (χ0v) is 8.82. The van der Waals surface area contributed by atoms with E-state index in [1.54, 1.807) is 6.07 Å². The Morgan fingerprint density at radius 3 is 3.00 bits per heavy atom. The van der Waals surface area contributed by atoms with E-state index < -0.39 is 0 Å². The Hall–Kier alpha value is -1.29. The lowest BCUT2D eigenvalue weighted by Crippen LogP contribution is -2.25. The summed E-state index contributed by atoms with van der Waals surface area (Å²) in [5.74, 6) is 1.99. The lowest BCUT2D eigenvalue weighted by atomic mass is 10.2. The zero-order valence-electron chi connectivity index (χ0n) is 8.82. The number of carbonyl (C=O) groups excluding carboxylic acids is 1. The maximum atomic E-state index is 11.6. The maximum Gasteiger partial charge on any atom is 0.254 e. The highest BCUT2D eigenvalue weighted by molar-refractivity contribution is 5.93. The molecular formula is C11H16N2O2. The molecule has 0 saturated heterocycles. The molecule has 15 heavy (non-hydrogen) atoms. The van der Waals surface area contributed by atoms with E-state index in [9.17, 15) is 4.79 Å². The van der Waals surface area contributed by atoms with Gasteiger partial charge in [-0.05, 0) is 24.3 Å². The van der Waals surface area contributed by atoms with E-state index in [1.165, 1.54) is 12.7 Å². The van der Waals surface area contributed by atoms with E-state index in [2.05, 4.69) is 12.2 Å². The first-order valence-electron chi connectivity index (χ1n) is 5.26. The quantitative estimate of drug-likeness (QED) is 0.779. The topological polar surface area (TPSA) is 68.3 Å². The molecule has 1 fully saturated rings. The molecule has 1 aliphatic carbocycles. The van der Waals surface area contributed by atoms with Crippen molar-refractivity contribution in [2.75, 3.05) is 6.54 Å². The summed E-state index contributed by atoms with van der Waals surface area (Å²) in [5.41, 5.74) is 5.95. The van der Waals surface area contributed by atoms with E-state index in [4.69, 9.17) is 10.2 Å².